The first-order valence-electron chi connectivity index (χ1n) is 9.45. The molecule has 0 bridgehead atoms. The van der Waals surface area contributed by atoms with Crippen LogP contribution in [0.1, 0.15) is 90.9 Å². The highest BCUT2D eigenvalue weighted by molar-refractivity contribution is 4.94. The molecule has 1 aliphatic rings. The van der Waals surface area contributed by atoms with Crippen molar-refractivity contribution in [2.45, 2.75) is 97.1 Å². The van der Waals surface area contributed by atoms with Gasteiger partial charge < -0.3 is 9.80 Å². The van der Waals surface area contributed by atoms with Gasteiger partial charge in [-0.25, -0.2) is 0 Å². The molecule has 1 rings (SSSR count). The van der Waals surface area contributed by atoms with Gasteiger partial charge in [0.15, 0.2) is 0 Å². The van der Waals surface area contributed by atoms with Crippen LogP contribution in [0.25, 0.3) is 0 Å². The minimum atomic E-state index is 0.619. The number of hydrogen-bond acceptors (Lipinski definition) is 2. The van der Waals surface area contributed by atoms with Crippen molar-refractivity contribution in [3.63, 3.8) is 0 Å². The van der Waals surface area contributed by atoms with E-state index in [4.69, 9.17) is 0 Å². The third-order valence-electron chi connectivity index (χ3n) is 4.78. The fourth-order valence-corrected chi connectivity index (χ4v) is 3.30. The molecule has 0 aromatic heterocycles. The smallest absolute Gasteiger partial charge is 0.100 e. The minimum absolute atomic E-state index is 0.619. The highest BCUT2D eigenvalue weighted by Crippen LogP contribution is 2.20. The summed E-state index contributed by atoms with van der Waals surface area (Å²) in [5.41, 5.74) is 0. The minimum Gasteiger partial charge on any atom is -0.359 e. The molecule has 0 fully saturated rings. The van der Waals surface area contributed by atoms with E-state index in [2.05, 4.69) is 43.1 Å². The molecule has 1 heterocycles. The zero-order chi connectivity index (χ0) is 15.3. The number of hydrogen-bond donors (Lipinski definition) is 0. The van der Waals surface area contributed by atoms with Crippen molar-refractivity contribution < 1.29 is 0 Å². The Balaban J connectivity index is 1.86. The molecule has 124 valence electrons. The van der Waals surface area contributed by atoms with Gasteiger partial charge in [-0.05, 0) is 19.8 Å². The molecule has 0 aliphatic carbocycles. The van der Waals surface area contributed by atoms with Crippen LogP contribution < -0.4 is 0 Å². The Bertz CT molecular complexity index is 262. The Morgan fingerprint density at radius 1 is 0.714 bits per heavy atom. The lowest BCUT2D eigenvalue weighted by atomic mass is 10.0. The van der Waals surface area contributed by atoms with E-state index in [0.717, 1.165) is 6.54 Å². The van der Waals surface area contributed by atoms with E-state index >= 15 is 0 Å². The molecule has 2 heteroatoms. The molecule has 0 spiro atoms. The lowest BCUT2D eigenvalue weighted by Crippen LogP contribution is -2.36. The molecule has 0 radical (unpaired) electrons. The fraction of sp³-hybridized carbons (Fsp3) is 0.895. The zero-order valence-corrected chi connectivity index (χ0v) is 14.8. The van der Waals surface area contributed by atoms with Crippen LogP contribution in [0.4, 0.5) is 0 Å². The molecule has 0 N–H and O–H groups in total. The largest absolute Gasteiger partial charge is 0.359 e. The number of rotatable bonds is 13. The summed E-state index contributed by atoms with van der Waals surface area (Å²) in [6.07, 6.45) is 22.1. The lowest BCUT2D eigenvalue weighted by molar-refractivity contribution is 0.167. The SMILES string of the molecule is CCCCCCCCCCCCCC1N(C)C=CN1CC. The first-order chi connectivity index (χ1) is 10.3. The van der Waals surface area contributed by atoms with Crippen LogP contribution in [0.3, 0.4) is 0 Å². The number of nitrogens with zero attached hydrogens (tertiary/aromatic N) is 2. The summed E-state index contributed by atoms with van der Waals surface area (Å²) < 4.78 is 0. The van der Waals surface area contributed by atoms with Crippen molar-refractivity contribution in [2.75, 3.05) is 13.6 Å². The molecule has 0 saturated heterocycles. The molecule has 21 heavy (non-hydrogen) atoms. The first kappa shape index (κ1) is 18.4. The van der Waals surface area contributed by atoms with E-state index in [1.54, 1.807) is 0 Å². The van der Waals surface area contributed by atoms with Crippen LogP contribution in [0.2, 0.25) is 0 Å². The van der Waals surface area contributed by atoms with Crippen LogP contribution in [0.5, 0.6) is 0 Å². The topological polar surface area (TPSA) is 6.48 Å². The predicted octanol–water partition coefficient (Wildman–Crippen LogP) is 5.75. The van der Waals surface area contributed by atoms with Crippen molar-refractivity contribution in [2.24, 2.45) is 0 Å². The van der Waals surface area contributed by atoms with Crippen molar-refractivity contribution in [1.82, 2.24) is 9.80 Å². The maximum Gasteiger partial charge on any atom is 0.100 e. The Kier molecular flexibility index (Phi) is 10.5. The summed E-state index contributed by atoms with van der Waals surface area (Å²) in [6, 6.07) is 0. The van der Waals surface area contributed by atoms with Crippen LogP contribution >= 0.6 is 0 Å². The van der Waals surface area contributed by atoms with Crippen molar-refractivity contribution in [1.29, 1.82) is 0 Å². The normalized spacial score (nSPS) is 18.0. The van der Waals surface area contributed by atoms with Gasteiger partial charge in [-0.1, -0.05) is 71.1 Å². The van der Waals surface area contributed by atoms with Crippen molar-refractivity contribution in [3.8, 4) is 0 Å². The van der Waals surface area contributed by atoms with Gasteiger partial charge in [0.1, 0.15) is 6.17 Å². The van der Waals surface area contributed by atoms with Gasteiger partial charge in [0, 0.05) is 26.0 Å². The van der Waals surface area contributed by atoms with E-state index in [1.165, 1.54) is 77.0 Å². The molecule has 0 aromatic rings. The summed E-state index contributed by atoms with van der Waals surface area (Å²) in [5, 5.41) is 0. The van der Waals surface area contributed by atoms with Gasteiger partial charge in [-0.3, -0.25) is 0 Å². The quantitative estimate of drug-likeness (QED) is 0.399. The summed E-state index contributed by atoms with van der Waals surface area (Å²) in [5.74, 6) is 0. The monoisotopic (exact) mass is 294 g/mol. The first-order valence-corrected chi connectivity index (χ1v) is 9.45. The Hall–Kier alpha value is -0.660. The van der Waals surface area contributed by atoms with Gasteiger partial charge in [0.05, 0.1) is 0 Å². The van der Waals surface area contributed by atoms with Crippen LogP contribution in [0.15, 0.2) is 12.4 Å². The van der Waals surface area contributed by atoms with E-state index in [0.29, 0.717) is 6.17 Å². The van der Waals surface area contributed by atoms with E-state index < -0.39 is 0 Å². The van der Waals surface area contributed by atoms with Crippen LogP contribution in [0, 0.1) is 0 Å². The van der Waals surface area contributed by atoms with Gasteiger partial charge in [0.25, 0.3) is 0 Å². The maximum atomic E-state index is 2.45. The molecule has 1 unspecified atom stereocenters. The summed E-state index contributed by atoms with van der Waals surface area (Å²) >= 11 is 0. The molecule has 0 amide bonds. The second kappa shape index (κ2) is 11.9. The van der Waals surface area contributed by atoms with Crippen molar-refractivity contribution in [3.05, 3.63) is 12.4 Å². The summed E-state index contributed by atoms with van der Waals surface area (Å²) in [4.78, 5) is 4.82. The molecule has 2 nitrogen and oxygen atoms in total. The molecule has 0 saturated carbocycles. The Labute approximate surface area is 133 Å². The highest BCUT2D eigenvalue weighted by atomic mass is 15.4. The van der Waals surface area contributed by atoms with E-state index in [1.807, 2.05) is 0 Å². The van der Waals surface area contributed by atoms with E-state index in [9.17, 15) is 0 Å². The highest BCUT2D eigenvalue weighted by Gasteiger charge is 2.20. The molecule has 1 atom stereocenters. The third-order valence-corrected chi connectivity index (χ3v) is 4.78. The van der Waals surface area contributed by atoms with Crippen LogP contribution in [-0.2, 0) is 0 Å². The molecule has 0 aromatic carbocycles. The zero-order valence-electron chi connectivity index (χ0n) is 14.8. The van der Waals surface area contributed by atoms with Gasteiger partial charge in [-0.15, -0.1) is 0 Å². The second-order valence-corrected chi connectivity index (χ2v) is 6.60. The molecular weight excluding hydrogens is 256 g/mol. The third kappa shape index (κ3) is 7.78. The standard InChI is InChI=1S/C19H38N2/c1-4-6-7-8-9-10-11-12-13-14-15-16-19-20(3)17-18-21(19)5-2/h17-19H,4-16H2,1-3H3. The van der Waals surface area contributed by atoms with Crippen LogP contribution in [-0.4, -0.2) is 29.6 Å². The lowest BCUT2D eigenvalue weighted by Gasteiger charge is -2.29. The van der Waals surface area contributed by atoms with Gasteiger partial charge in [0.2, 0.25) is 0 Å². The Morgan fingerprint density at radius 2 is 1.24 bits per heavy atom. The summed E-state index contributed by atoms with van der Waals surface area (Å²) in [7, 11) is 2.20. The Morgan fingerprint density at radius 3 is 1.76 bits per heavy atom. The average Bonchev–Trinajstić information content (AvgIpc) is 2.85. The van der Waals surface area contributed by atoms with E-state index in [-0.39, 0.29) is 0 Å². The maximum absolute atomic E-state index is 2.45. The molecular formula is C19H38N2. The van der Waals surface area contributed by atoms with Crippen molar-refractivity contribution >= 4 is 0 Å². The fourth-order valence-electron chi connectivity index (χ4n) is 3.30. The van der Waals surface area contributed by atoms with Gasteiger partial charge >= 0.3 is 0 Å². The van der Waals surface area contributed by atoms with Gasteiger partial charge in [-0.2, -0.15) is 0 Å². The predicted molar refractivity (Wildman–Crippen MR) is 94.1 cm³/mol. The molecule has 1 aliphatic heterocycles. The second-order valence-electron chi connectivity index (χ2n) is 6.60. The summed E-state index contributed by atoms with van der Waals surface area (Å²) in [6.45, 7) is 5.67. The average molecular weight is 295 g/mol. The number of unbranched alkanes of at least 4 members (excludes halogenated alkanes) is 10.